The number of rotatable bonds is 2. The maximum atomic E-state index is 10.6. The molecule has 0 unspecified atom stereocenters. The molecule has 0 fully saturated rings. The predicted molar refractivity (Wildman–Crippen MR) is 41.9 cm³/mol. The molecule has 0 saturated carbocycles. The molecule has 0 radical (unpaired) electrons. The molecule has 54 valence electrons. The summed E-state index contributed by atoms with van der Waals surface area (Å²) in [4.78, 5) is 11.7. The Morgan fingerprint density at radius 1 is 1.80 bits per heavy atom. The van der Waals surface area contributed by atoms with Crippen LogP contribution in [0.25, 0.3) is 0 Å². The fourth-order valence-corrected chi connectivity index (χ4v) is 1.47. The predicted octanol–water partition coefficient (Wildman–Crippen LogP) is 1.34. The molecular weight excluding hydrogens is 146 g/mol. The van der Waals surface area contributed by atoms with Gasteiger partial charge in [-0.05, 0) is 18.4 Å². The first-order valence-corrected chi connectivity index (χ1v) is 3.92. The van der Waals surface area contributed by atoms with E-state index in [2.05, 4.69) is 0 Å². The summed E-state index contributed by atoms with van der Waals surface area (Å²) in [5.74, 6) is -0.401. The number of amides is 1. The number of thiophene rings is 1. The van der Waals surface area contributed by atoms with Crippen LogP contribution in [-0.4, -0.2) is 5.91 Å². The molecule has 3 heteroatoms. The van der Waals surface area contributed by atoms with E-state index >= 15 is 0 Å². The monoisotopic (exact) mass is 155 g/mol. The van der Waals surface area contributed by atoms with Crippen LogP contribution in [-0.2, 0) is 4.79 Å². The molecule has 1 atom stereocenters. The fraction of sp³-hybridized carbons (Fsp3) is 0.286. The Kier molecular flexibility index (Phi) is 2.06. The van der Waals surface area contributed by atoms with Crippen molar-refractivity contribution >= 4 is 17.2 Å². The average molecular weight is 155 g/mol. The zero-order valence-electron chi connectivity index (χ0n) is 5.70. The second-order valence-electron chi connectivity index (χ2n) is 2.14. The lowest BCUT2D eigenvalue weighted by Crippen LogP contribution is -2.17. The molecule has 0 saturated heterocycles. The van der Waals surface area contributed by atoms with E-state index in [4.69, 9.17) is 5.73 Å². The van der Waals surface area contributed by atoms with Crippen molar-refractivity contribution in [3.05, 3.63) is 22.4 Å². The zero-order valence-corrected chi connectivity index (χ0v) is 6.52. The smallest absolute Gasteiger partial charge is 0.225 e. The van der Waals surface area contributed by atoms with Crippen molar-refractivity contribution in [3.8, 4) is 0 Å². The SMILES string of the molecule is C[C@@H](C(N)=O)c1cccs1. The van der Waals surface area contributed by atoms with Gasteiger partial charge in [0.15, 0.2) is 0 Å². The van der Waals surface area contributed by atoms with E-state index in [1.165, 1.54) is 0 Å². The van der Waals surface area contributed by atoms with Gasteiger partial charge in [0.25, 0.3) is 0 Å². The largest absolute Gasteiger partial charge is 0.369 e. The van der Waals surface area contributed by atoms with Crippen LogP contribution in [0.2, 0.25) is 0 Å². The molecule has 0 aliphatic rings. The van der Waals surface area contributed by atoms with Crippen molar-refractivity contribution in [3.63, 3.8) is 0 Å². The van der Waals surface area contributed by atoms with Gasteiger partial charge in [-0.25, -0.2) is 0 Å². The molecular formula is C7H9NOS. The molecule has 2 N–H and O–H groups in total. The van der Waals surface area contributed by atoms with E-state index in [0.29, 0.717) is 0 Å². The van der Waals surface area contributed by atoms with Crippen molar-refractivity contribution in [1.82, 2.24) is 0 Å². The second-order valence-corrected chi connectivity index (χ2v) is 3.12. The molecule has 0 aliphatic carbocycles. The van der Waals surface area contributed by atoms with Crippen molar-refractivity contribution in [2.24, 2.45) is 5.73 Å². The van der Waals surface area contributed by atoms with E-state index in [1.807, 2.05) is 24.4 Å². The lowest BCUT2D eigenvalue weighted by Gasteiger charge is -2.01. The topological polar surface area (TPSA) is 43.1 Å². The minimum absolute atomic E-state index is 0.139. The first-order chi connectivity index (χ1) is 4.72. The molecule has 1 aromatic heterocycles. The van der Waals surface area contributed by atoms with E-state index in [1.54, 1.807) is 11.3 Å². The average Bonchev–Trinajstić information content (AvgIpc) is 2.36. The molecule has 1 amide bonds. The van der Waals surface area contributed by atoms with Gasteiger partial charge in [-0.2, -0.15) is 0 Å². The van der Waals surface area contributed by atoms with Gasteiger partial charge < -0.3 is 5.73 Å². The van der Waals surface area contributed by atoms with Gasteiger partial charge in [-0.3, -0.25) is 4.79 Å². The Labute approximate surface area is 63.7 Å². The Bertz CT molecular complexity index is 218. The summed E-state index contributed by atoms with van der Waals surface area (Å²) in [6, 6.07) is 3.83. The zero-order chi connectivity index (χ0) is 7.56. The van der Waals surface area contributed by atoms with E-state index in [-0.39, 0.29) is 11.8 Å². The Morgan fingerprint density at radius 2 is 2.50 bits per heavy atom. The van der Waals surface area contributed by atoms with Crippen LogP contribution >= 0.6 is 11.3 Å². The van der Waals surface area contributed by atoms with Gasteiger partial charge in [0, 0.05) is 4.88 Å². The molecule has 0 aliphatic heterocycles. The van der Waals surface area contributed by atoms with Gasteiger partial charge in [0.1, 0.15) is 0 Å². The second kappa shape index (κ2) is 2.84. The van der Waals surface area contributed by atoms with Crippen molar-refractivity contribution in [2.75, 3.05) is 0 Å². The Hall–Kier alpha value is -0.830. The third kappa shape index (κ3) is 1.36. The highest BCUT2D eigenvalue weighted by Gasteiger charge is 2.11. The van der Waals surface area contributed by atoms with Gasteiger partial charge in [0.05, 0.1) is 5.92 Å². The number of carbonyl (C=O) groups excluding carboxylic acids is 1. The first-order valence-electron chi connectivity index (χ1n) is 3.04. The first kappa shape index (κ1) is 7.28. The van der Waals surface area contributed by atoms with E-state index < -0.39 is 0 Å². The molecule has 0 bridgehead atoms. The highest BCUT2D eigenvalue weighted by molar-refractivity contribution is 7.10. The summed E-state index contributed by atoms with van der Waals surface area (Å²) in [5, 5.41) is 1.94. The lowest BCUT2D eigenvalue weighted by molar-refractivity contribution is -0.119. The van der Waals surface area contributed by atoms with Crippen LogP contribution < -0.4 is 5.73 Å². The van der Waals surface area contributed by atoms with E-state index in [0.717, 1.165) is 4.88 Å². The normalized spacial score (nSPS) is 12.9. The number of nitrogens with two attached hydrogens (primary N) is 1. The van der Waals surface area contributed by atoms with Gasteiger partial charge in [-0.15, -0.1) is 11.3 Å². The van der Waals surface area contributed by atoms with Crippen LogP contribution in [0.3, 0.4) is 0 Å². The molecule has 0 spiro atoms. The van der Waals surface area contributed by atoms with Crippen LogP contribution in [0, 0.1) is 0 Å². The standard InChI is InChI=1S/C7H9NOS/c1-5(7(8)9)6-3-2-4-10-6/h2-5H,1H3,(H2,8,9)/t5-/m1/s1. The summed E-state index contributed by atoms with van der Waals surface area (Å²) in [5.41, 5.74) is 5.09. The molecule has 10 heavy (non-hydrogen) atoms. The van der Waals surface area contributed by atoms with E-state index in [9.17, 15) is 4.79 Å². The Balaban J connectivity index is 2.77. The van der Waals surface area contributed by atoms with Gasteiger partial charge in [0.2, 0.25) is 5.91 Å². The maximum Gasteiger partial charge on any atom is 0.225 e. The number of hydrogen-bond acceptors (Lipinski definition) is 2. The summed E-state index contributed by atoms with van der Waals surface area (Å²) in [7, 11) is 0. The maximum absolute atomic E-state index is 10.6. The van der Waals surface area contributed by atoms with Crippen LogP contribution in [0.15, 0.2) is 17.5 Å². The summed E-state index contributed by atoms with van der Waals surface area (Å²) < 4.78 is 0. The van der Waals surface area contributed by atoms with Gasteiger partial charge >= 0.3 is 0 Å². The van der Waals surface area contributed by atoms with Crippen molar-refractivity contribution in [2.45, 2.75) is 12.8 Å². The molecule has 0 aromatic carbocycles. The highest BCUT2D eigenvalue weighted by atomic mass is 32.1. The Morgan fingerprint density at radius 3 is 2.90 bits per heavy atom. The van der Waals surface area contributed by atoms with Gasteiger partial charge in [-0.1, -0.05) is 6.07 Å². The number of carbonyl (C=O) groups is 1. The van der Waals surface area contributed by atoms with Crippen molar-refractivity contribution < 1.29 is 4.79 Å². The fourth-order valence-electron chi connectivity index (χ4n) is 0.678. The molecule has 1 aromatic rings. The van der Waals surface area contributed by atoms with Crippen LogP contribution in [0.5, 0.6) is 0 Å². The van der Waals surface area contributed by atoms with Crippen molar-refractivity contribution in [1.29, 1.82) is 0 Å². The van der Waals surface area contributed by atoms with Crippen LogP contribution in [0.1, 0.15) is 17.7 Å². The quantitative estimate of drug-likeness (QED) is 0.688. The summed E-state index contributed by atoms with van der Waals surface area (Å²) >= 11 is 1.56. The highest BCUT2D eigenvalue weighted by Crippen LogP contribution is 2.19. The van der Waals surface area contributed by atoms with Crippen LogP contribution in [0.4, 0.5) is 0 Å². The number of primary amides is 1. The molecule has 1 heterocycles. The minimum Gasteiger partial charge on any atom is -0.369 e. The minimum atomic E-state index is -0.262. The number of hydrogen-bond donors (Lipinski definition) is 1. The summed E-state index contributed by atoms with van der Waals surface area (Å²) in [6.45, 7) is 1.81. The molecule has 2 nitrogen and oxygen atoms in total. The lowest BCUT2D eigenvalue weighted by atomic mass is 10.1. The summed E-state index contributed by atoms with van der Waals surface area (Å²) in [6.07, 6.45) is 0. The third-order valence-corrected chi connectivity index (χ3v) is 2.45. The third-order valence-electron chi connectivity index (χ3n) is 1.40. The molecule has 1 rings (SSSR count).